The molecule has 2 atom stereocenters. The Labute approximate surface area is 67.9 Å². The van der Waals surface area contributed by atoms with Gasteiger partial charge >= 0.3 is 6.18 Å². The summed E-state index contributed by atoms with van der Waals surface area (Å²) in [6.45, 7) is 0.584. The molecule has 1 N–H and O–H groups in total. The van der Waals surface area contributed by atoms with Gasteiger partial charge in [-0.2, -0.15) is 13.2 Å². The van der Waals surface area contributed by atoms with Crippen molar-refractivity contribution in [2.75, 3.05) is 6.54 Å². The third-order valence-corrected chi connectivity index (χ3v) is 2.26. The molecule has 1 nitrogen and oxygen atoms in total. The topological polar surface area (TPSA) is 12.0 Å². The van der Waals surface area contributed by atoms with Gasteiger partial charge in [-0.25, -0.2) is 0 Å². The van der Waals surface area contributed by atoms with E-state index in [0.717, 1.165) is 0 Å². The number of piperidine rings is 1. The Morgan fingerprint density at radius 2 is 2.00 bits per heavy atom. The second kappa shape index (κ2) is 3.19. The molecule has 0 aromatic heterocycles. The monoisotopic (exact) mass is 187 g/mol. The normalized spacial score (nSPS) is 33.8. The molecule has 0 amide bonds. The van der Waals surface area contributed by atoms with Crippen LogP contribution in [-0.4, -0.2) is 18.2 Å². The maximum absolute atomic E-state index is 12.1. The quantitative estimate of drug-likeness (QED) is 0.453. The van der Waals surface area contributed by atoms with Crippen LogP contribution in [0.5, 0.6) is 0 Å². The molecular weight excluding hydrogens is 179 g/mol. The Kier molecular flexibility index (Phi) is 2.65. The largest absolute Gasteiger partial charge is 0.394 e. The van der Waals surface area contributed by atoms with E-state index in [-0.39, 0.29) is 6.42 Å². The molecule has 66 valence electrons. The molecule has 2 unspecified atom stereocenters. The van der Waals surface area contributed by atoms with E-state index in [2.05, 4.69) is 5.32 Å². The SMILES string of the molecule is FC(F)(F)C1CCCNC1Cl. The number of hydrogen-bond acceptors (Lipinski definition) is 1. The maximum atomic E-state index is 12.1. The van der Waals surface area contributed by atoms with Gasteiger partial charge in [0.25, 0.3) is 0 Å². The Balaban J connectivity index is 2.55. The van der Waals surface area contributed by atoms with E-state index in [1.807, 2.05) is 0 Å². The Bertz CT molecular complexity index is 136. The van der Waals surface area contributed by atoms with Gasteiger partial charge in [-0.3, -0.25) is 0 Å². The fourth-order valence-corrected chi connectivity index (χ4v) is 1.56. The minimum absolute atomic E-state index is 0.144. The molecule has 0 aromatic rings. The van der Waals surface area contributed by atoms with Crippen LogP contribution in [0.1, 0.15) is 12.8 Å². The summed E-state index contributed by atoms with van der Waals surface area (Å²) in [5.41, 5.74) is -0.941. The zero-order valence-electron chi connectivity index (χ0n) is 5.79. The molecule has 0 aliphatic carbocycles. The minimum Gasteiger partial charge on any atom is -0.301 e. The first-order valence-electron chi connectivity index (χ1n) is 3.46. The van der Waals surface area contributed by atoms with Gasteiger partial charge in [-0.05, 0) is 19.4 Å². The lowest BCUT2D eigenvalue weighted by molar-refractivity contribution is -0.181. The summed E-state index contributed by atoms with van der Waals surface area (Å²) in [4.78, 5) is 0. The van der Waals surface area contributed by atoms with Crippen LogP contribution < -0.4 is 5.32 Å². The summed E-state index contributed by atoms with van der Waals surface area (Å²) < 4.78 is 36.2. The minimum atomic E-state index is -4.15. The summed E-state index contributed by atoms with van der Waals surface area (Å²) in [6.07, 6.45) is -3.46. The van der Waals surface area contributed by atoms with Crippen molar-refractivity contribution >= 4 is 11.6 Å². The van der Waals surface area contributed by atoms with Crippen LogP contribution in [0.15, 0.2) is 0 Å². The van der Waals surface area contributed by atoms with E-state index in [9.17, 15) is 13.2 Å². The van der Waals surface area contributed by atoms with Crippen LogP contribution in [0.4, 0.5) is 13.2 Å². The summed E-state index contributed by atoms with van der Waals surface area (Å²) in [6, 6.07) is 0. The van der Waals surface area contributed by atoms with Crippen LogP contribution in [0.2, 0.25) is 0 Å². The molecule has 0 bridgehead atoms. The second-order valence-electron chi connectivity index (χ2n) is 2.65. The van der Waals surface area contributed by atoms with Crippen molar-refractivity contribution in [1.82, 2.24) is 5.32 Å². The van der Waals surface area contributed by atoms with E-state index < -0.39 is 17.6 Å². The van der Waals surface area contributed by atoms with Crippen molar-refractivity contribution in [3.63, 3.8) is 0 Å². The third kappa shape index (κ3) is 2.24. The van der Waals surface area contributed by atoms with Gasteiger partial charge in [0.2, 0.25) is 0 Å². The zero-order valence-corrected chi connectivity index (χ0v) is 6.54. The predicted octanol–water partition coefficient (Wildman–Crippen LogP) is 2.11. The molecule has 0 aromatic carbocycles. The molecule has 1 aliphatic heterocycles. The number of rotatable bonds is 0. The van der Waals surface area contributed by atoms with E-state index in [0.29, 0.717) is 13.0 Å². The van der Waals surface area contributed by atoms with Crippen LogP contribution >= 0.6 is 11.6 Å². The smallest absolute Gasteiger partial charge is 0.301 e. The fourth-order valence-electron chi connectivity index (χ4n) is 1.18. The fraction of sp³-hybridized carbons (Fsp3) is 1.00. The second-order valence-corrected chi connectivity index (χ2v) is 3.12. The summed E-state index contributed by atoms with van der Waals surface area (Å²) in [5, 5.41) is 2.58. The lowest BCUT2D eigenvalue weighted by Crippen LogP contribution is -2.44. The average molecular weight is 188 g/mol. The number of nitrogens with one attached hydrogen (secondary N) is 1. The molecule has 0 saturated carbocycles. The highest BCUT2D eigenvalue weighted by Gasteiger charge is 2.44. The van der Waals surface area contributed by atoms with Crippen molar-refractivity contribution in [2.45, 2.75) is 24.5 Å². The maximum Gasteiger partial charge on any atom is 0.394 e. The standard InChI is InChI=1S/C6H9ClF3N/c7-5-4(6(8,9)10)2-1-3-11-5/h4-5,11H,1-3H2. The van der Waals surface area contributed by atoms with Gasteiger partial charge in [0.15, 0.2) is 0 Å². The predicted molar refractivity (Wildman–Crippen MR) is 36.4 cm³/mol. The number of hydrogen-bond donors (Lipinski definition) is 1. The van der Waals surface area contributed by atoms with E-state index >= 15 is 0 Å². The highest BCUT2D eigenvalue weighted by molar-refractivity contribution is 6.20. The average Bonchev–Trinajstić information content (AvgIpc) is 1.86. The van der Waals surface area contributed by atoms with E-state index in [4.69, 9.17) is 11.6 Å². The summed E-state index contributed by atoms with van der Waals surface area (Å²) >= 11 is 5.44. The molecule has 0 spiro atoms. The molecule has 1 rings (SSSR count). The molecule has 1 heterocycles. The molecule has 1 aliphatic rings. The van der Waals surface area contributed by atoms with Crippen molar-refractivity contribution in [1.29, 1.82) is 0 Å². The highest BCUT2D eigenvalue weighted by atomic mass is 35.5. The lowest BCUT2D eigenvalue weighted by Gasteiger charge is -2.29. The van der Waals surface area contributed by atoms with Crippen molar-refractivity contribution < 1.29 is 13.2 Å². The number of alkyl halides is 4. The molecular formula is C6H9ClF3N. The zero-order chi connectivity index (χ0) is 8.48. The van der Waals surface area contributed by atoms with Gasteiger partial charge < -0.3 is 5.32 Å². The molecule has 11 heavy (non-hydrogen) atoms. The Morgan fingerprint density at radius 1 is 1.36 bits per heavy atom. The number of halogens is 4. The summed E-state index contributed by atoms with van der Waals surface area (Å²) in [7, 11) is 0. The molecule has 1 saturated heterocycles. The first kappa shape index (κ1) is 9.13. The van der Waals surface area contributed by atoms with Gasteiger partial charge in [-0.15, -0.1) is 11.6 Å². The van der Waals surface area contributed by atoms with Crippen LogP contribution in [-0.2, 0) is 0 Å². The van der Waals surface area contributed by atoms with Gasteiger partial charge in [0, 0.05) is 0 Å². The highest BCUT2D eigenvalue weighted by Crippen LogP contribution is 2.35. The molecule has 1 fully saturated rings. The van der Waals surface area contributed by atoms with Crippen molar-refractivity contribution in [2.24, 2.45) is 5.92 Å². The first-order chi connectivity index (χ1) is 5.02. The first-order valence-corrected chi connectivity index (χ1v) is 3.89. The van der Waals surface area contributed by atoms with E-state index in [1.165, 1.54) is 0 Å². The van der Waals surface area contributed by atoms with Crippen LogP contribution in [0.3, 0.4) is 0 Å². The van der Waals surface area contributed by atoms with E-state index in [1.54, 1.807) is 0 Å². The van der Waals surface area contributed by atoms with Crippen LogP contribution in [0.25, 0.3) is 0 Å². The Morgan fingerprint density at radius 3 is 2.36 bits per heavy atom. The summed E-state index contributed by atoms with van der Waals surface area (Å²) in [5.74, 6) is -1.38. The van der Waals surface area contributed by atoms with Crippen LogP contribution in [0, 0.1) is 5.92 Å². The van der Waals surface area contributed by atoms with Gasteiger partial charge in [-0.1, -0.05) is 0 Å². The van der Waals surface area contributed by atoms with Crippen molar-refractivity contribution in [3.8, 4) is 0 Å². The molecule has 0 radical (unpaired) electrons. The van der Waals surface area contributed by atoms with Gasteiger partial charge in [0.1, 0.15) is 0 Å². The molecule has 5 heteroatoms. The Hall–Kier alpha value is 0.0400. The third-order valence-electron chi connectivity index (χ3n) is 1.80. The lowest BCUT2D eigenvalue weighted by atomic mass is 9.99. The van der Waals surface area contributed by atoms with Gasteiger partial charge in [0.05, 0.1) is 11.4 Å². The van der Waals surface area contributed by atoms with Crippen molar-refractivity contribution in [3.05, 3.63) is 0 Å².